The molecule has 4 heteroatoms. The average Bonchev–Trinajstić information content (AvgIpc) is 2.92. The highest BCUT2D eigenvalue weighted by Crippen LogP contribution is 2.30. The minimum atomic E-state index is -0.286. The number of hydrogen-bond donors (Lipinski definition) is 1. The summed E-state index contributed by atoms with van der Waals surface area (Å²) in [5, 5.41) is 5.20. The minimum Gasteiger partial charge on any atom is -0.354 e. The fraction of sp³-hybridized carbons (Fsp3) is 0.688. The zero-order chi connectivity index (χ0) is 14.6. The van der Waals surface area contributed by atoms with E-state index in [1.54, 1.807) is 0 Å². The number of carbonyl (C=O) groups is 1. The van der Waals surface area contributed by atoms with Crippen molar-refractivity contribution in [1.82, 2.24) is 10.2 Å². The topological polar surface area (TPSA) is 32.3 Å². The van der Waals surface area contributed by atoms with Gasteiger partial charge in [-0.3, -0.25) is 4.79 Å². The van der Waals surface area contributed by atoms with Crippen LogP contribution in [0, 0.1) is 5.41 Å². The molecule has 0 aliphatic carbocycles. The second-order valence-electron chi connectivity index (χ2n) is 6.64. The van der Waals surface area contributed by atoms with Crippen molar-refractivity contribution in [2.45, 2.75) is 39.5 Å². The molecule has 0 saturated carbocycles. The Hall–Kier alpha value is -0.870. The molecular formula is C16H26N2OS. The third-order valence-corrected chi connectivity index (χ3v) is 4.96. The third kappa shape index (κ3) is 4.32. The largest absolute Gasteiger partial charge is 0.354 e. The van der Waals surface area contributed by atoms with Gasteiger partial charge in [0.2, 0.25) is 5.91 Å². The van der Waals surface area contributed by atoms with E-state index in [-0.39, 0.29) is 11.3 Å². The van der Waals surface area contributed by atoms with Crippen LogP contribution in [0.2, 0.25) is 0 Å². The lowest BCUT2D eigenvalue weighted by Crippen LogP contribution is -2.42. The van der Waals surface area contributed by atoms with Gasteiger partial charge in [-0.05, 0) is 43.3 Å². The molecule has 0 atom stereocenters. The van der Waals surface area contributed by atoms with Gasteiger partial charge in [-0.2, -0.15) is 0 Å². The van der Waals surface area contributed by atoms with Gasteiger partial charge in [0, 0.05) is 23.4 Å². The molecule has 0 unspecified atom stereocenters. The maximum atomic E-state index is 11.8. The van der Waals surface area contributed by atoms with Crippen molar-refractivity contribution in [2.75, 3.05) is 26.2 Å². The lowest BCUT2D eigenvalue weighted by Gasteiger charge is -2.31. The Bertz CT molecular complexity index is 414. The van der Waals surface area contributed by atoms with Gasteiger partial charge in [0.05, 0.1) is 0 Å². The molecular weight excluding hydrogens is 268 g/mol. The number of amides is 1. The van der Waals surface area contributed by atoms with E-state index in [2.05, 4.69) is 27.7 Å². The standard InChI is InChI=1S/C16H26N2OS/c1-16(2,3)15(19)17-8-11-18-9-6-13(7-10-18)14-5-4-12-20-14/h4-5,12-13H,6-11H2,1-3H3,(H,17,19). The van der Waals surface area contributed by atoms with Crippen molar-refractivity contribution < 1.29 is 4.79 Å². The van der Waals surface area contributed by atoms with Crippen LogP contribution >= 0.6 is 11.3 Å². The SMILES string of the molecule is CC(C)(C)C(=O)NCCN1CCC(c2cccs2)CC1. The summed E-state index contributed by atoms with van der Waals surface area (Å²) in [6, 6.07) is 4.41. The van der Waals surface area contributed by atoms with E-state index in [9.17, 15) is 4.79 Å². The summed E-state index contributed by atoms with van der Waals surface area (Å²) in [5.41, 5.74) is -0.286. The average molecular weight is 294 g/mol. The quantitative estimate of drug-likeness (QED) is 0.925. The number of hydrogen-bond acceptors (Lipinski definition) is 3. The van der Waals surface area contributed by atoms with Crippen molar-refractivity contribution in [2.24, 2.45) is 5.41 Å². The van der Waals surface area contributed by atoms with Crippen molar-refractivity contribution >= 4 is 17.2 Å². The van der Waals surface area contributed by atoms with Gasteiger partial charge < -0.3 is 10.2 Å². The fourth-order valence-electron chi connectivity index (χ4n) is 2.56. The van der Waals surface area contributed by atoms with Crippen LogP contribution in [0.15, 0.2) is 17.5 Å². The summed E-state index contributed by atoms with van der Waals surface area (Å²) in [6.45, 7) is 9.89. The first-order chi connectivity index (χ1) is 9.47. The molecule has 1 aromatic heterocycles. The lowest BCUT2D eigenvalue weighted by molar-refractivity contribution is -0.128. The highest BCUT2D eigenvalue weighted by Gasteiger charge is 2.23. The second-order valence-corrected chi connectivity index (χ2v) is 7.62. The Balaban J connectivity index is 1.66. The number of carbonyl (C=O) groups excluding carboxylic acids is 1. The van der Waals surface area contributed by atoms with Gasteiger partial charge in [-0.1, -0.05) is 26.8 Å². The van der Waals surface area contributed by atoms with E-state index in [0.717, 1.165) is 32.1 Å². The van der Waals surface area contributed by atoms with Crippen LogP contribution in [0.5, 0.6) is 0 Å². The maximum Gasteiger partial charge on any atom is 0.225 e. The molecule has 0 radical (unpaired) electrons. The van der Waals surface area contributed by atoms with Crippen molar-refractivity contribution in [3.05, 3.63) is 22.4 Å². The molecule has 0 bridgehead atoms. The molecule has 2 heterocycles. The summed E-state index contributed by atoms with van der Waals surface area (Å²) in [6.07, 6.45) is 2.49. The predicted octanol–water partition coefficient (Wildman–Crippen LogP) is 3.09. The van der Waals surface area contributed by atoms with E-state index in [1.165, 1.54) is 17.7 Å². The van der Waals surface area contributed by atoms with Gasteiger partial charge in [0.15, 0.2) is 0 Å². The molecule has 20 heavy (non-hydrogen) atoms. The molecule has 0 spiro atoms. The monoisotopic (exact) mass is 294 g/mol. The van der Waals surface area contributed by atoms with Gasteiger partial charge in [0.1, 0.15) is 0 Å². The van der Waals surface area contributed by atoms with Gasteiger partial charge in [-0.25, -0.2) is 0 Å². The first-order valence-electron chi connectivity index (χ1n) is 7.51. The van der Waals surface area contributed by atoms with Gasteiger partial charge in [0.25, 0.3) is 0 Å². The number of nitrogens with zero attached hydrogens (tertiary/aromatic N) is 1. The van der Waals surface area contributed by atoms with Crippen LogP contribution in [-0.2, 0) is 4.79 Å². The number of likely N-dealkylation sites (tertiary alicyclic amines) is 1. The molecule has 1 amide bonds. The summed E-state index contributed by atoms with van der Waals surface area (Å²) in [7, 11) is 0. The van der Waals surface area contributed by atoms with Crippen LogP contribution in [0.3, 0.4) is 0 Å². The number of nitrogens with one attached hydrogen (secondary N) is 1. The molecule has 1 aromatic rings. The maximum absolute atomic E-state index is 11.8. The predicted molar refractivity (Wildman–Crippen MR) is 85.2 cm³/mol. The lowest BCUT2D eigenvalue weighted by atomic mass is 9.95. The minimum absolute atomic E-state index is 0.144. The Kier molecular flexibility index (Phi) is 5.22. The number of thiophene rings is 1. The summed E-state index contributed by atoms with van der Waals surface area (Å²) >= 11 is 1.88. The molecule has 1 aliphatic rings. The van der Waals surface area contributed by atoms with Crippen molar-refractivity contribution in [1.29, 1.82) is 0 Å². The van der Waals surface area contributed by atoms with Crippen LogP contribution in [0.25, 0.3) is 0 Å². The van der Waals surface area contributed by atoms with Gasteiger partial charge >= 0.3 is 0 Å². The van der Waals surface area contributed by atoms with Crippen molar-refractivity contribution in [3.8, 4) is 0 Å². The number of piperidine rings is 1. The highest BCUT2D eigenvalue weighted by molar-refractivity contribution is 7.10. The number of rotatable bonds is 4. The molecule has 112 valence electrons. The Labute approximate surface area is 126 Å². The van der Waals surface area contributed by atoms with Crippen LogP contribution in [-0.4, -0.2) is 37.0 Å². The Morgan fingerprint density at radius 1 is 1.40 bits per heavy atom. The molecule has 0 aromatic carbocycles. The molecule has 1 saturated heterocycles. The molecule has 2 rings (SSSR count). The van der Waals surface area contributed by atoms with Gasteiger partial charge in [-0.15, -0.1) is 11.3 Å². The smallest absolute Gasteiger partial charge is 0.225 e. The van der Waals surface area contributed by atoms with E-state index >= 15 is 0 Å². The summed E-state index contributed by atoms with van der Waals surface area (Å²) in [4.78, 5) is 15.8. The highest BCUT2D eigenvalue weighted by atomic mass is 32.1. The van der Waals surface area contributed by atoms with Crippen LogP contribution in [0.1, 0.15) is 44.4 Å². The summed E-state index contributed by atoms with van der Waals surface area (Å²) in [5.74, 6) is 0.890. The van der Waals surface area contributed by atoms with E-state index in [4.69, 9.17) is 0 Å². The summed E-state index contributed by atoms with van der Waals surface area (Å²) < 4.78 is 0. The first kappa shape index (κ1) is 15.5. The first-order valence-corrected chi connectivity index (χ1v) is 8.39. The fourth-order valence-corrected chi connectivity index (χ4v) is 3.46. The van der Waals surface area contributed by atoms with E-state index < -0.39 is 0 Å². The zero-order valence-corrected chi connectivity index (χ0v) is 13.6. The Morgan fingerprint density at radius 2 is 2.10 bits per heavy atom. The van der Waals surface area contributed by atoms with Crippen LogP contribution in [0.4, 0.5) is 0 Å². The van der Waals surface area contributed by atoms with E-state index in [0.29, 0.717) is 0 Å². The van der Waals surface area contributed by atoms with Crippen molar-refractivity contribution in [3.63, 3.8) is 0 Å². The Morgan fingerprint density at radius 3 is 2.65 bits per heavy atom. The molecule has 1 N–H and O–H groups in total. The van der Waals surface area contributed by atoms with E-state index in [1.807, 2.05) is 32.1 Å². The zero-order valence-electron chi connectivity index (χ0n) is 12.8. The third-order valence-electron chi connectivity index (χ3n) is 3.93. The molecule has 1 fully saturated rings. The molecule has 1 aliphatic heterocycles. The normalized spacial score (nSPS) is 18.1. The van der Waals surface area contributed by atoms with Crippen LogP contribution < -0.4 is 5.32 Å². The molecule has 3 nitrogen and oxygen atoms in total. The second kappa shape index (κ2) is 6.72.